The van der Waals surface area contributed by atoms with Crippen molar-refractivity contribution in [1.82, 2.24) is 19.9 Å². The van der Waals surface area contributed by atoms with Gasteiger partial charge in [0.25, 0.3) is 5.56 Å². The number of hydrogen-bond acceptors (Lipinski definition) is 9. The van der Waals surface area contributed by atoms with Gasteiger partial charge in [-0.15, -0.1) is 0 Å². The Balaban J connectivity index is 1.59. The molecular weight excluding hydrogens is 668 g/mol. The van der Waals surface area contributed by atoms with E-state index >= 15 is 0 Å². The minimum absolute atomic E-state index is 0.0723. The molecule has 2 N–H and O–H groups in total. The first-order valence-corrected chi connectivity index (χ1v) is 16.0. The van der Waals surface area contributed by atoms with Crippen molar-refractivity contribution >= 4 is 40.3 Å². The molecule has 1 saturated heterocycles. The summed E-state index contributed by atoms with van der Waals surface area (Å²) in [4.78, 5) is 61.4. The van der Waals surface area contributed by atoms with Crippen LogP contribution in [0.2, 0.25) is 0 Å². The van der Waals surface area contributed by atoms with E-state index in [4.69, 9.17) is 14.5 Å². The number of rotatable bonds is 9. The molecule has 1 unspecified atom stereocenters. The van der Waals surface area contributed by atoms with Crippen LogP contribution >= 0.6 is 0 Å². The SMILES string of the molecule is COC(=O)NC(C)(C)C(=O)N1CCN(n2c(C(C)N(C(=O)Nc3ccc(F)cc3)c3ccc(OC)cc3OC)nc3cc(F)ccc3c2=O)CC1. The minimum Gasteiger partial charge on any atom is -0.497 e. The summed E-state index contributed by atoms with van der Waals surface area (Å²) in [5, 5.41) is 7.15. The Morgan fingerprint density at radius 2 is 1.57 bits per heavy atom. The summed E-state index contributed by atoms with van der Waals surface area (Å²) in [7, 11) is 4.11. The molecule has 0 radical (unpaired) electrons. The number of ether oxygens (including phenoxy) is 3. The van der Waals surface area contributed by atoms with E-state index in [-0.39, 0.29) is 60.3 Å². The summed E-state index contributed by atoms with van der Waals surface area (Å²) in [5.74, 6) is -0.656. The van der Waals surface area contributed by atoms with E-state index in [0.717, 1.165) is 12.1 Å². The molecule has 1 atom stereocenters. The van der Waals surface area contributed by atoms with Gasteiger partial charge < -0.3 is 34.8 Å². The predicted octanol–water partition coefficient (Wildman–Crippen LogP) is 4.41. The normalized spacial score (nSPS) is 13.7. The lowest BCUT2D eigenvalue weighted by atomic mass is 10.0. The number of aromatic nitrogens is 2. The number of carbonyl (C=O) groups excluding carboxylic acids is 3. The van der Waals surface area contributed by atoms with E-state index in [2.05, 4.69) is 15.4 Å². The van der Waals surface area contributed by atoms with Crippen LogP contribution < -0.4 is 35.6 Å². The zero-order valence-corrected chi connectivity index (χ0v) is 29.0. The Hall–Kier alpha value is -5.93. The van der Waals surface area contributed by atoms with Crippen molar-refractivity contribution in [3.8, 4) is 11.5 Å². The quantitative estimate of drug-likeness (QED) is 0.258. The Labute approximate surface area is 292 Å². The summed E-state index contributed by atoms with van der Waals surface area (Å²) in [6, 6.07) is 12.0. The summed E-state index contributed by atoms with van der Waals surface area (Å²) in [6.45, 7) is 5.46. The minimum atomic E-state index is -1.27. The van der Waals surface area contributed by atoms with Gasteiger partial charge in [0, 0.05) is 30.9 Å². The Morgan fingerprint density at radius 3 is 2.20 bits per heavy atom. The third-order valence-corrected chi connectivity index (χ3v) is 8.52. The van der Waals surface area contributed by atoms with Gasteiger partial charge in [0.1, 0.15) is 28.7 Å². The highest BCUT2D eigenvalue weighted by Crippen LogP contribution is 2.37. The number of nitrogens with zero attached hydrogens (tertiary/aromatic N) is 5. The fourth-order valence-corrected chi connectivity index (χ4v) is 5.87. The standard InChI is InChI=1S/C35H39F2N7O7/c1-21(43(28-14-12-25(49-4)20-29(28)50-5)33(47)38-24-10-7-22(36)8-11-24)30-39-27-19-23(37)9-13-26(27)31(45)44(30)42-17-15-41(16-18-42)32(46)35(2,3)40-34(48)51-6/h7-14,19-21H,15-18H2,1-6H3,(H,38,47)(H,40,48). The number of hydrogen-bond donors (Lipinski definition) is 2. The van der Waals surface area contributed by atoms with E-state index in [1.54, 1.807) is 48.9 Å². The second-order valence-electron chi connectivity index (χ2n) is 12.3. The zero-order valence-electron chi connectivity index (χ0n) is 29.0. The van der Waals surface area contributed by atoms with Crippen molar-refractivity contribution in [3.63, 3.8) is 0 Å². The molecule has 2 heterocycles. The van der Waals surface area contributed by atoms with Crippen molar-refractivity contribution in [2.75, 3.05) is 62.7 Å². The number of urea groups is 1. The monoisotopic (exact) mass is 707 g/mol. The predicted molar refractivity (Wildman–Crippen MR) is 186 cm³/mol. The van der Waals surface area contributed by atoms with Crippen LogP contribution in [0.1, 0.15) is 32.6 Å². The number of halogens is 2. The molecule has 3 aromatic carbocycles. The van der Waals surface area contributed by atoms with Crippen LogP contribution in [0, 0.1) is 11.6 Å². The molecule has 1 aromatic heterocycles. The number of methoxy groups -OCH3 is 3. The molecule has 4 aromatic rings. The second kappa shape index (κ2) is 14.9. The van der Waals surface area contributed by atoms with Crippen molar-refractivity contribution in [2.24, 2.45) is 0 Å². The smallest absolute Gasteiger partial charge is 0.407 e. The first-order valence-electron chi connectivity index (χ1n) is 16.0. The third-order valence-electron chi connectivity index (χ3n) is 8.52. The number of benzene rings is 3. The molecule has 1 aliphatic rings. The van der Waals surface area contributed by atoms with Crippen LogP contribution in [0.4, 0.5) is 29.7 Å². The maximum Gasteiger partial charge on any atom is 0.407 e. The fraction of sp³-hybridized carbons (Fsp3) is 0.343. The van der Waals surface area contributed by atoms with Crippen molar-refractivity contribution in [1.29, 1.82) is 0 Å². The fourth-order valence-electron chi connectivity index (χ4n) is 5.87. The third kappa shape index (κ3) is 7.64. The molecular formula is C35H39F2N7O7. The highest BCUT2D eigenvalue weighted by molar-refractivity contribution is 6.03. The molecule has 270 valence electrons. The van der Waals surface area contributed by atoms with Gasteiger partial charge >= 0.3 is 12.1 Å². The summed E-state index contributed by atoms with van der Waals surface area (Å²) in [5.41, 5.74) is -1.14. The topological polar surface area (TPSA) is 148 Å². The Bertz CT molecular complexity index is 2000. The number of amides is 4. The molecule has 14 nitrogen and oxygen atoms in total. The zero-order chi connectivity index (χ0) is 37.0. The van der Waals surface area contributed by atoms with Gasteiger partial charge in [0.05, 0.1) is 57.1 Å². The van der Waals surface area contributed by atoms with Gasteiger partial charge in [-0.25, -0.2) is 28.0 Å². The van der Waals surface area contributed by atoms with Crippen molar-refractivity contribution in [3.05, 3.63) is 88.5 Å². The molecule has 51 heavy (non-hydrogen) atoms. The first kappa shape index (κ1) is 36.4. The number of piperazine rings is 1. The van der Waals surface area contributed by atoms with Gasteiger partial charge in [-0.2, -0.15) is 0 Å². The van der Waals surface area contributed by atoms with E-state index in [0.29, 0.717) is 11.4 Å². The largest absolute Gasteiger partial charge is 0.497 e. The highest BCUT2D eigenvalue weighted by atomic mass is 19.1. The van der Waals surface area contributed by atoms with E-state index in [1.807, 2.05) is 0 Å². The second-order valence-corrected chi connectivity index (χ2v) is 12.3. The Kier molecular flexibility index (Phi) is 10.6. The molecule has 0 bridgehead atoms. The van der Waals surface area contributed by atoms with Crippen molar-refractivity contribution in [2.45, 2.75) is 32.4 Å². The van der Waals surface area contributed by atoms with Crippen molar-refractivity contribution < 1.29 is 37.4 Å². The molecule has 4 amide bonds. The summed E-state index contributed by atoms with van der Waals surface area (Å²) >= 11 is 0. The van der Waals surface area contributed by atoms with Gasteiger partial charge in [0.15, 0.2) is 5.82 Å². The van der Waals surface area contributed by atoms with Gasteiger partial charge in [0.2, 0.25) is 5.91 Å². The lowest BCUT2D eigenvalue weighted by molar-refractivity contribution is -0.137. The van der Waals surface area contributed by atoms with Crippen LogP contribution in [-0.4, -0.2) is 85.6 Å². The van der Waals surface area contributed by atoms with Gasteiger partial charge in [-0.3, -0.25) is 14.5 Å². The molecule has 16 heteroatoms. The highest BCUT2D eigenvalue weighted by Gasteiger charge is 2.37. The summed E-state index contributed by atoms with van der Waals surface area (Å²) < 4.78 is 45.2. The molecule has 1 fully saturated rings. The Morgan fingerprint density at radius 1 is 0.902 bits per heavy atom. The van der Waals surface area contributed by atoms with Crippen LogP contribution in [-0.2, 0) is 9.53 Å². The van der Waals surface area contributed by atoms with E-state index in [1.165, 1.54) is 61.2 Å². The number of nitrogens with one attached hydrogen (secondary N) is 2. The first-order chi connectivity index (χ1) is 24.3. The summed E-state index contributed by atoms with van der Waals surface area (Å²) in [6.07, 6.45) is -0.752. The number of fused-ring (bicyclic) bond motifs is 1. The van der Waals surface area contributed by atoms with E-state index in [9.17, 15) is 28.0 Å². The average Bonchev–Trinajstić information content (AvgIpc) is 3.12. The van der Waals surface area contributed by atoms with E-state index < -0.39 is 40.9 Å². The molecule has 0 spiro atoms. The van der Waals surface area contributed by atoms with Crippen LogP contribution in [0.25, 0.3) is 10.9 Å². The lowest BCUT2D eigenvalue weighted by Crippen LogP contribution is -2.62. The molecule has 0 aliphatic carbocycles. The van der Waals surface area contributed by atoms with Crippen LogP contribution in [0.5, 0.6) is 11.5 Å². The average molecular weight is 708 g/mol. The molecule has 1 aliphatic heterocycles. The number of alkyl carbamates (subject to hydrolysis) is 1. The van der Waals surface area contributed by atoms with Crippen LogP contribution in [0.15, 0.2) is 65.5 Å². The number of anilines is 2. The van der Waals surface area contributed by atoms with Gasteiger partial charge in [-0.05, 0) is 69.3 Å². The van der Waals surface area contributed by atoms with Gasteiger partial charge in [-0.1, -0.05) is 0 Å². The maximum atomic E-state index is 14.5. The van der Waals surface area contributed by atoms with Crippen LogP contribution in [0.3, 0.4) is 0 Å². The molecule has 0 saturated carbocycles. The number of carbonyl (C=O) groups is 3. The molecule has 5 rings (SSSR count). The maximum absolute atomic E-state index is 14.5. The lowest BCUT2D eigenvalue weighted by Gasteiger charge is -2.41.